The molecule has 0 bridgehead atoms. The van der Waals surface area contributed by atoms with Crippen LogP contribution in [0.5, 0.6) is 11.5 Å². The van der Waals surface area contributed by atoms with Crippen LogP contribution in [0.15, 0.2) is 12.1 Å². The summed E-state index contributed by atoms with van der Waals surface area (Å²) in [5, 5.41) is 8.95. The van der Waals surface area contributed by atoms with E-state index in [9.17, 15) is 14.4 Å². The number of benzene rings is 1. The van der Waals surface area contributed by atoms with Crippen molar-refractivity contribution in [1.82, 2.24) is 0 Å². The van der Waals surface area contributed by atoms with E-state index in [1.165, 1.54) is 32.9 Å². The lowest BCUT2D eigenvalue weighted by atomic mass is 10.1. The number of rotatable bonds is 3. The summed E-state index contributed by atoms with van der Waals surface area (Å²) in [6, 6.07) is 2.55. The van der Waals surface area contributed by atoms with Crippen LogP contribution in [0.2, 0.25) is 0 Å². The molecular formula is C12H12O6. The molecule has 6 nitrogen and oxygen atoms in total. The number of aromatic carboxylic acids is 1. The highest BCUT2D eigenvalue weighted by molar-refractivity contribution is 5.91. The summed E-state index contributed by atoms with van der Waals surface area (Å²) in [5.41, 5.74) is 0.193. The second kappa shape index (κ2) is 5.31. The molecule has 0 aromatic heterocycles. The molecule has 6 heteroatoms. The topological polar surface area (TPSA) is 89.9 Å². The van der Waals surface area contributed by atoms with Crippen LogP contribution in [-0.2, 0) is 9.59 Å². The molecule has 0 aliphatic heterocycles. The molecule has 0 atom stereocenters. The Bertz CT molecular complexity index is 518. The average molecular weight is 252 g/mol. The number of ether oxygens (including phenoxy) is 2. The van der Waals surface area contributed by atoms with E-state index in [-0.39, 0.29) is 22.6 Å². The first-order valence-electron chi connectivity index (χ1n) is 5.06. The molecular weight excluding hydrogens is 240 g/mol. The van der Waals surface area contributed by atoms with Gasteiger partial charge in [-0.05, 0) is 19.1 Å². The third-order valence-electron chi connectivity index (χ3n) is 2.10. The number of hydrogen-bond acceptors (Lipinski definition) is 5. The fourth-order valence-electron chi connectivity index (χ4n) is 1.40. The second-order valence-electron chi connectivity index (χ2n) is 3.56. The average Bonchev–Trinajstić information content (AvgIpc) is 2.21. The van der Waals surface area contributed by atoms with Gasteiger partial charge in [-0.2, -0.15) is 0 Å². The summed E-state index contributed by atoms with van der Waals surface area (Å²) < 4.78 is 9.74. The lowest BCUT2D eigenvalue weighted by molar-refractivity contribution is -0.134. The predicted octanol–water partition coefficient (Wildman–Crippen LogP) is 1.54. The van der Waals surface area contributed by atoms with Crippen molar-refractivity contribution >= 4 is 17.9 Å². The summed E-state index contributed by atoms with van der Waals surface area (Å²) >= 11 is 0. The van der Waals surface area contributed by atoms with E-state index in [0.29, 0.717) is 0 Å². The Balaban J connectivity index is 3.35. The van der Waals surface area contributed by atoms with Gasteiger partial charge in [-0.15, -0.1) is 0 Å². The Morgan fingerprint density at radius 1 is 1.06 bits per heavy atom. The maximum absolute atomic E-state index is 11.0. The quantitative estimate of drug-likeness (QED) is 0.648. The molecule has 0 radical (unpaired) electrons. The van der Waals surface area contributed by atoms with Crippen LogP contribution in [0.3, 0.4) is 0 Å². The minimum Gasteiger partial charge on any atom is -0.478 e. The molecule has 18 heavy (non-hydrogen) atoms. The fourth-order valence-corrected chi connectivity index (χ4v) is 1.40. The van der Waals surface area contributed by atoms with Crippen molar-refractivity contribution in [1.29, 1.82) is 0 Å². The molecule has 1 aromatic rings. The SMILES string of the molecule is CC(=O)Oc1ccc(C(=O)O)c(C)c1OC(C)=O. The van der Waals surface area contributed by atoms with E-state index in [1.807, 2.05) is 0 Å². The second-order valence-corrected chi connectivity index (χ2v) is 3.56. The van der Waals surface area contributed by atoms with Crippen molar-refractivity contribution in [3.05, 3.63) is 23.3 Å². The molecule has 1 rings (SSSR count). The van der Waals surface area contributed by atoms with Crippen molar-refractivity contribution in [3.8, 4) is 11.5 Å². The Hall–Kier alpha value is -2.37. The van der Waals surface area contributed by atoms with Gasteiger partial charge in [0.1, 0.15) is 0 Å². The summed E-state index contributed by atoms with van der Waals surface area (Å²) in [6.45, 7) is 3.83. The van der Waals surface area contributed by atoms with Crippen LogP contribution in [0.1, 0.15) is 29.8 Å². The van der Waals surface area contributed by atoms with Crippen molar-refractivity contribution in [3.63, 3.8) is 0 Å². The number of carbonyl (C=O) groups excluding carboxylic acids is 2. The number of carboxylic acid groups (broad SMARTS) is 1. The monoisotopic (exact) mass is 252 g/mol. The number of esters is 2. The summed E-state index contributed by atoms with van der Waals surface area (Å²) in [6.07, 6.45) is 0. The van der Waals surface area contributed by atoms with Gasteiger partial charge in [0.05, 0.1) is 5.56 Å². The molecule has 0 heterocycles. The number of carbonyl (C=O) groups is 3. The van der Waals surface area contributed by atoms with Crippen LogP contribution in [0.25, 0.3) is 0 Å². The smallest absolute Gasteiger partial charge is 0.336 e. The third kappa shape index (κ3) is 3.07. The largest absolute Gasteiger partial charge is 0.478 e. The van der Waals surface area contributed by atoms with E-state index < -0.39 is 17.9 Å². The number of carboxylic acids is 1. The minimum absolute atomic E-state index is 0.0141. The molecule has 0 aliphatic rings. The van der Waals surface area contributed by atoms with Gasteiger partial charge in [-0.25, -0.2) is 4.79 Å². The van der Waals surface area contributed by atoms with E-state index in [0.717, 1.165) is 0 Å². The Morgan fingerprint density at radius 2 is 1.61 bits per heavy atom. The number of hydrogen-bond donors (Lipinski definition) is 1. The lowest BCUT2D eigenvalue weighted by Crippen LogP contribution is -2.10. The molecule has 0 spiro atoms. The van der Waals surface area contributed by atoms with E-state index in [4.69, 9.17) is 14.6 Å². The molecule has 0 saturated carbocycles. The van der Waals surface area contributed by atoms with Gasteiger partial charge in [-0.1, -0.05) is 0 Å². The highest BCUT2D eigenvalue weighted by atomic mass is 16.6. The van der Waals surface area contributed by atoms with Crippen molar-refractivity contribution in [2.24, 2.45) is 0 Å². The van der Waals surface area contributed by atoms with Gasteiger partial charge in [-0.3, -0.25) is 9.59 Å². The van der Waals surface area contributed by atoms with Gasteiger partial charge >= 0.3 is 17.9 Å². The first-order valence-corrected chi connectivity index (χ1v) is 5.06. The van der Waals surface area contributed by atoms with Crippen molar-refractivity contribution < 1.29 is 29.0 Å². The molecule has 0 amide bonds. The van der Waals surface area contributed by atoms with Gasteiger partial charge in [0.25, 0.3) is 0 Å². The normalized spacial score (nSPS) is 9.72. The first-order chi connectivity index (χ1) is 8.32. The highest BCUT2D eigenvalue weighted by Gasteiger charge is 2.19. The Labute approximate surface area is 103 Å². The molecule has 0 saturated heterocycles. The van der Waals surface area contributed by atoms with Crippen molar-refractivity contribution in [2.45, 2.75) is 20.8 Å². The standard InChI is InChI=1S/C12H12O6/c1-6-9(12(15)16)4-5-10(17-7(2)13)11(6)18-8(3)14/h4-5H,1-3H3,(H,15,16). The summed E-state index contributed by atoms with van der Waals surface area (Å²) in [4.78, 5) is 32.8. The van der Waals surface area contributed by atoms with Gasteiger partial charge in [0.2, 0.25) is 0 Å². The molecule has 0 unspecified atom stereocenters. The van der Waals surface area contributed by atoms with Crippen LogP contribution in [-0.4, -0.2) is 23.0 Å². The lowest BCUT2D eigenvalue weighted by Gasteiger charge is -2.12. The Morgan fingerprint density at radius 3 is 2.06 bits per heavy atom. The van der Waals surface area contributed by atoms with E-state index >= 15 is 0 Å². The molecule has 1 N–H and O–H groups in total. The minimum atomic E-state index is -1.16. The summed E-state index contributed by atoms with van der Waals surface area (Å²) in [5.74, 6) is -2.42. The maximum Gasteiger partial charge on any atom is 0.336 e. The van der Waals surface area contributed by atoms with Gasteiger partial charge in [0, 0.05) is 19.4 Å². The Kier molecular flexibility index (Phi) is 4.04. The zero-order valence-electron chi connectivity index (χ0n) is 10.1. The highest BCUT2D eigenvalue weighted by Crippen LogP contribution is 2.33. The van der Waals surface area contributed by atoms with Crippen LogP contribution >= 0.6 is 0 Å². The zero-order valence-corrected chi connectivity index (χ0v) is 10.1. The predicted molar refractivity (Wildman–Crippen MR) is 60.8 cm³/mol. The molecule has 96 valence electrons. The van der Waals surface area contributed by atoms with Crippen LogP contribution < -0.4 is 9.47 Å². The zero-order chi connectivity index (χ0) is 13.9. The molecule has 0 fully saturated rings. The fraction of sp³-hybridized carbons (Fsp3) is 0.250. The van der Waals surface area contributed by atoms with E-state index in [1.54, 1.807) is 0 Å². The maximum atomic E-state index is 11.0. The molecule has 0 aliphatic carbocycles. The van der Waals surface area contributed by atoms with Crippen LogP contribution in [0.4, 0.5) is 0 Å². The summed E-state index contributed by atoms with van der Waals surface area (Å²) in [7, 11) is 0. The first kappa shape index (κ1) is 13.7. The molecule has 1 aromatic carbocycles. The van der Waals surface area contributed by atoms with Gasteiger partial charge < -0.3 is 14.6 Å². The van der Waals surface area contributed by atoms with Gasteiger partial charge in [0.15, 0.2) is 11.5 Å². The third-order valence-corrected chi connectivity index (χ3v) is 2.10. The van der Waals surface area contributed by atoms with Crippen molar-refractivity contribution in [2.75, 3.05) is 0 Å². The van der Waals surface area contributed by atoms with Crippen LogP contribution in [0, 0.1) is 6.92 Å². The van der Waals surface area contributed by atoms with E-state index in [2.05, 4.69) is 0 Å².